The van der Waals surface area contributed by atoms with Crippen molar-refractivity contribution in [2.75, 3.05) is 7.11 Å². The molecule has 4 nitrogen and oxygen atoms in total. The standard InChI is InChI=1S/C19H16N2O2/c1-4-12-7-6-8-15(14(12)5-2)18-20-16-10-9-13(19(22)23-3)11-17(16)21-18/h4-11H,1-2H2,3H3,(H,20,21). The monoisotopic (exact) mass is 304 g/mol. The van der Waals surface area contributed by atoms with Crippen LogP contribution in [-0.4, -0.2) is 23.0 Å². The summed E-state index contributed by atoms with van der Waals surface area (Å²) in [4.78, 5) is 19.5. The molecule has 0 radical (unpaired) electrons. The number of hydrogen-bond donors (Lipinski definition) is 1. The maximum absolute atomic E-state index is 11.6. The van der Waals surface area contributed by atoms with Gasteiger partial charge in [0.15, 0.2) is 0 Å². The summed E-state index contributed by atoms with van der Waals surface area (Å²) in [5.41, 5.74) is 4.95. The predicted molar refractivity (Wildman–Crippen MR) is 93.1 cm³/mol. The number of benzene rings is 2. The van der Waals surface area contributed by atoms with E-state index in [4.69, 9.17) is 4.74 Å². The lowest BCUT2D eigenvalue weighted by atomic mass is 10.0. The molecule has 114 valence electrons. The number of esters is 1. The number of nitrogens with zero attached hydrogens (tertiary/aromatic N) is 1. The molecule has 3 aromatic rings. The lowest BCUT2D eigenvalue weighted by Gasteiger charge is -2.06. The Balaban J connectivity index is 2.16. The maximum atomic E-state index is 11.6. The highest BCUT2D eigenvalue weighted by Gasteiger charge is 2.12. The van der Waals surface area contributed by atoms with Crippen molar-refractivity contribution in [2.45, 2.75) is 0 Å². The van der Waals surface area contributed by atoms with Crippen molar-refractivity contribution in [3.63, 3.8) is 0 Å². The van der Waals surface area contributed by atoms with E-state index in [9.17, 15) is 4.79 Å². The van der Waals surface area contributed by atoms with Crippen LogP contribution in [0.1, 0.15) is 21.5 Å². The van der Waals surface area contributed by atoms with Gasteiger partial charge in [0.25, 0.3) is 0 Å². The molecule has 1 aromatic heterocycles. The van der Waals surface area contributed by atoms with Gasteiger partial charge in [-0.05, 0) is 29.3 Å². The minimum atomic E-state index is -0.372. The van der Waals surface area contributed by atoms with Gasteiger partial charge < -0.3 is 9.72 Å². The van der Waals surface area contributed by atoms with Gasteiger partial charge in [0.05, 0.1) is 23.7 Å². The van der Waals surface area contributed by atoms with Crippen LogP contribution < -0.4 is 0 Å². The highest BCUT2D eigenvalue weighted by atomic mass is 16.5. The summed E-state index contributed by atoms with van der Waals surface area (Å²) >= 11 is 0. The molecule has 0 saturated carbocycles. The van der Waals surface area contributed by atoms with E-state index in [1.165, 1.54) is 7.11 Å². The number of ether oxygens (including phenoxy) is 1. The van der Waals surface area contributed by atoms with E-state index in [0.717, 1.165) is 33.5 Å². The molecule has 0 aliphatic rings. The number of imidazole rings is 1. The Morgan fingerprint density at radius 1 is 1.22 bits per heavy atom. The van der Waals surface area contributed by atoms with Crippen molar-refractivity contribution >= 4 is 29.2 Å². The summed E-state index contributed by atoms with van der Waals surface area (Å²) in [6.45, 7) is 7.71. The average molecular weight is 304 g/mol. The van der Waals surface area contributed by atoms with Gasteiger partial charge in [0, 0.05) is 5.56 Å². The normalized spacial score (nSPS) is 10.5. The van der Waals surface area contributed by atoms with Crippen LogP contribution in [0.5, 0.6) is 0 Å². The van der Waals surface area contributed by atoms with Crippen molar-refractivity contribution in [2.24, 2.45) is 0 Å². The van der Waals surface area contributed by atoms with Gasteiger partial charge in [0.2, 0.25) is 0 Å². The van der Waals surface area contributed by atoms with Crippen molar-refractivity contribution < 1.29 is 9.53 Å². The topological polar surface area (TPSA) is 55.0 Å². The highest BCUT2D eigenvalue weighted by molar-refractivity contribution is 5.94. The van der Waals surface area contributed by atoms with Gasteiger partial charge >= 0.3 is 5.97 Å². The van der Waals surface area contributed by atoms with Crippen LogP contribution in [-0.2, 0) is 4.74 Å². The van der Waals surface area contributed by atoms with E-state index in [0.29, 0.717) is 5.56 Å². The smallest absolute Gasteiger partial charge is 0.337 e. The number of aromatic nitrogens is 2. The van der Waals surface area contributed by atoms with Crippen LogP contribution in [0.15, 0.2) is 49.6 Å². The average Bonchev–Trinajstić information content (AvgIpc) is 3.03. The first-order chi connectivity index (χ1) is 11.2. The zero-order chi connectivity index (χ0) is 16.4. The van der Waals surface area contributed by atoms with E-state index < -0.39 is 0 Å². The Bertz CT molecular complexity index is 922. The fourth-order valence-corrected chi connectivity index (χ4v) is 2.58. The Kier molecular flexibility index (Phi) is 3.81. The number of methoxy groups -OCH3 is 1. The number of carbonyl (C=O) groups is 1. The number of fused-ring (bicyclic) bond motifs is 1. The first kappa shape index (κ1) is 14.8. The summed E-state index contributed by atoms with van der Waals surface area (Å²) in [5, 5.41) is 0. The molecule has 0 atom stereocenters. The van der Waals surface area contributed by atoms with Crippen molar-refractivity contribution in [1.29, 1.82) is 0 Å². The number of rotatable bonds is 4. The maximum Gasteiger partial charge on any atom is 0.337 e. The summed E-state index contributed by atoms with van der Waals surface area (Å²) in [7, 11) is 1.36. The quantitative estimate of drug-likeness (QED) is 0.731. The van der Waals surface area contributed by atoms with Crippen LogP contribution >= 0.6 is 0 Å². The fourth-order valence-electron chi connectivity index (χ4n) is 2.58. The van der Waals surface area contributed by atoms with Gasteiger partial charge in [-0.2, -0.15) is 0 Å². The third kappa shape index (κ3) is 2.55. The molecule has 2 aromatic carbocycles. The van der Waals surface area contributed by atoms with E-state index in [2.05, 4.69) is 23.1 Å². The minimum Gasteiger partial charge on any atom is -0.465 e. The Morgan fingerprint density at radius 2 is 2.04 bits per heavy atom. The van der Waals surface area contributed by atoms with Crippen LogP contribution in [0.3, 0.4) is 0 Å². The number of nitrogens with one attached hydrogen (secondary N) is 1. The summed E-state index contributed by atoms with van der Waals surface area (Å²) in [6, 6.07) is 11.1. The van der Waals surface area contributed by atoms with Gasteiger partial charge in [-0.3, -0.25) is 0 Å². The molecule has 1 N–H and O–H groups in total. The lowest BCUT2D eigenvalue weighted by molar-refractivity contribution is 0.0601. The molecule has 0 fully saturated rings. The second-order valence-electron chi connectivity index (χ2n) is 5.03. The molecule has 0 bridgehead atoms. The van der Waals surface area contributed by atoms with Crippen molar-refractivity contribution in [1.82, 2.24) is 9.97 Å². The highest BCUT2D eigenvalue weighted by Crippen LogP contribution is 2.28. The summed E-state index contributed by atoms with van der Waals surface area (Å²) < 4.78 is 4.75. The summed E-state index contributed by atoms with van der Waals surface area (Å²) in [5.74, 6) is 0.351. The number of aromatic amines is 1. The van der Waals surface area contributed by atoms with E-state index in [-0.39, 0.29) is 5.97 Å². The number of H-pyrrole nitrogens is 1. The van der Waals surface area contributed by atoms with E-state index >= 15 is 0 Å². The van der Waals surface area contributed by atoms with Crippen LogP contribution in [0.25, 0.3) is 34.6 Å². The van der Waals surface area contributed by atoms with E-state index in [1.807, 2.05) is 18.2 Å². The van der Waals surface area contributed by atoms with Gasteiger partial charge in [-0.25, -0.2) is 9.78 Å². The Hall–Kier alpha value is -3.14. The van der Waals surface area contributed by atoms with E-state index in [1.54, 1.807) is 30.4 Å². The molecule has 0 aliphatic carbocycles. The number of hydrogen-bond acceptors (Lipinski definition) is 3. The molecule has 23 heavy (non-hydrogen) atoms. The Morgan fingerprint density at radius 3 is 2.74 bits per heavy atom. The second-order valence-corrected chi connectivity index (χ2v) is 5.03. The molecular formula is C19H16N2O2. The SMILES string of the molecule is C=Cc1cccc(-c2nc3ccc(C(=O)OC)cc3[nH]2)c1C=C. The van der Waals surface area contributed by atoms with Crippen molar-refractivity contribution in [3.8, 4) is 11.4 Å². The van der Waals surface area contributed by atoms with Gasteiger partial charge in [0.1, 0.15) is 5.82 Å². The number of carbonyl (C=O) groups excluding carboxylic acids is 1. The van der Waals surface area contributed by atoms with Gasteiger partial charge in [-0.15, -0.1) is 0 Å². The minimum absolute atomic E-state index is 0.372. The van der Waals surface area contributed by atoms with Crippen LogP contribution in [0.4, 0.5) is 0 Å². The van der Waals surface area contributed by atoms with Crippen LogP contribution in [0.2, 0.25) is 0 Å². The summed E-state index contributed by atoms with van der Waals surface area (Å²) in [6.07, 6.45) is 3.58. The zero-order valence-corrected chi connectivity index (χ0v) is 12.8. The molecule has 1 heterocycles. The Labute approximate surface area is 134 Å². The second kappa shape index (κ2) is 5.93. The molecule has 3 rings (SSSR count). The van der Waals surface area contributed by atoms with Crippen LogP contribution in [0, 0.1) is 0 Å². The fraction of sp³-hybridized carbons (Fsp3) is 0.0526. The first-order valence-corrected chi connectivity index (χ1v) is 7.14. The molecule has 0 amide bonds. The third-order valence-electron chi connectivity index (χ3n) is 3.72. The predicted octanol–water partition coefficient (Wildman–Crippen LogP) is 4.30. The lowest BCUT2D eigenvalue weighted by Crippen LogP contribution is -2.00. The third-order valence-corrected chi connectivity index (χ3v) is 3.72. The molecule has 4 heteroatoms. The molecular weight excluding hydrogens is 288 g/mol. The largest absolute Gasteiger partial charge is 0.465 e. The molecule has 0 spiro atoms. The zero-order valence-electron chi connectivity index (χ0n) is 12.8. The molecule has 0 saturated heterocycles. The molecule has 0 aliphatic heterocycles. The molecule has 0 unspecified atom stereocenters. The first-order valence-electron chi connectivity index (χ1n) is 7.14. The van der Waals surface area contributed by atoms with Gasteiger partial charge in [-0.1, -0.05) is 43.5 Å². The van der Waals surface area contributed by atoms with Crippen molar-refractivity contribution in [3.05, 3.63) is 66.2 Å².